The molecule has 0 radical (unpaired) electrons. The maximum Gasteiger partial charge on any atom is 0.223 e. The summed E-state index contributed by atoms with van der Waals surface area (Å²) in [6, 6.07) is 6.26. The summed E-state index contributed by atoms with van der Waals surface area (Å²) >= 11 is 0. The lowest BCUT2D eigenvalue weighted by molar-refractivity contribution is 0.410. The predicted octanol–water partition coefficient (Wildman–Crippen LogP) is 3.93. The SMILES string of the molecule is Cc1cc(C2CCC2)nc(N[C@@H](C)c2ncccc2C)n1. The molecule has 21 heavy (non-hydrogen) atoms. The number of rotatable bonds is 4. The summed E-state index contributed by atoms with van der Waals surface area (Å²) in [6.45, 7) is 6.22. The van der Waals surface area contributed by atoms with Gasteiger partial charge < -0.3 is 5.32 Å². The summed E-state index contributed by atoms with van der Waals surface area (Å²) in [6.07, 6.45) is 5.66. The molecule has 1 saturated carbocycles. The molecule has 110 valence electrons. The molecular formula is C17H22N4. The first kappa shape index (κ1) is 14.0. The molecule has 0 aliphatic heterocycles. The second-order valence-electron chi connectivity index (χ2n) is 5.96. The molecular weight excluding hydrogens is 260 g/mol. The third-order valence-electron chi connectivity index (χ3n) is 4.20. The van der Waals surface area contributed by atoms with Crippen LogP contribution in [0, 0.1) is 13.8 Å². The Bertz CT molecular complexity index is 634. The van der Waals surface area contributed by atoms with Gasteiger partial charge in [0.2, 0.25) is 5.95 Å². The molecule has 4 nitrogen and oxygen atoms in total. The monoisotopic (exact) mass is 282 g/mol. The number of nitrogens with zero attached hydrogens (tertiary/aromatic N) is 3. The zero-order valence-electron chi connectivity index (χ0n) is 12.9. The quantitative estimate of drug-likeness (QED) is 0.923. The smallest absolute Gasteiger partial charge is 0.223 e. The molecule has 1 aliphatic rings. The van der Waals surface area contributed by atoms with Crippen LogP contribution in [0.4, 0.5) is 5.95 Å². The highest BCUT2D eigenvalue weighted by molar-refractivity contribution is 5.34. The fourth-order valence-electron chi connectivity index (χ4n) is 2.78. The lowest BCUT2D eigenvalue weighted by Gasteiger charge is -2.25. The molecule has 0 amide bonds. The van der Waals surface area contributed by atoms with E-state index in [1.807, 2.05) is 19.2 Å². The van der Waals surface area contributed by atoms with Crippen molar-refractivity contribution in [2.75, 3.05) is 5.32 Å². The second-order valence-corrected chi connectivity index (χ2v) is 5.96. The number of nitrogens with one attached hydrogen (secondary N) is 1. The van der Waals surface area contributed by atoms with Crippen LogP contribution in [0.15, 0.2) is 24.4 Å². The molecule has 0 spiro atoms. The van der Waals surface area contributed by atoms with Crippen LogP contribution in [-0.4, -0.2) is 15.0 Å². The van der Waals surface area contributed by atoms with E-state index in [0.717, 1.165) is 17.3 Å². The Kier molecular flexibility index (Phi) is 3.86. The normalized spacial score (nSPS) is 16.3. The lowest BCUT2D eigenvalue weighted by atomic mass is 9.83. The topological polar surface area (TPSA) is 50.7 Å². The van der Waals surface area contributed by atoms with Crippen LogP contribution in [0.1, 0.15) is 60.8 Å². The average molecular weight is 282 g/mol. The molecule has 0 bridgehead atoms. The number of pyridine rings is 1. The van der Waals surface area contributed by atoms with Gasteiger partial charge in [0.05, 0.1) is 11.7 Å². The molecule has 1 atom stereocenters. The number of aromatic nitrogens is 3. The van der Waals surface area contributed by atoms with Gasteiger partial charge in [0.1, 0.15) is 0 Å². The van der Waals surface area contributed by atoms with E-state index in [9.17, 15) is 0 Å². The van der Waals surface area contributed by atoms with Gasteiger partial charge in [0.25, 0.3) is 0 Å². The van der Waals surface area contributed by atoms with E-state index in [0.29, 0.717) is 5.92 Å². The standard InChI is InChI=1S/C17H22N4/c1-11-6-5-9-18-16(11)13(3)20-17-19-12(2)10-15(21-17)14-7-4-8-14/h5-6,9-10,13-14H,4,7-8H2,1-3H3,(H,19,20,21)/t13-/m0/s1. The molecule has 4 heteroatoms. The van der Waals surface area contributed by atoms with Crippen LogP contribution < -0.4 is 5.32 Å². The molecule has 0 unspecified atom stereocenters. The number of hydrogen-bond donors (Lipinski definition) is 1. The highest BCUT2D eigenvalue weighted by Crippen LogP contribution is 2.35. The molecule has 1 fully saturated rings. The van der Waals surface area contributed by atoms with Gasteiger partial charge in [-0.25, -0.2) is 9.97 Å². The molecule has 3 rings (SSSR count). The van der Waals surface area contributed by atoms with Crippen molar-refractivity contribution in [3.05, 3.63) is 47.0 Å². The Labute approximate surface area is 126 Å². The van der Waals surface area contributed by atoms with E-state index in [2.05, 4.69) is 41.3 Å². The van der Waals surface area contributed by atoms with Gasteiger partial charge >= 0.3 is 0 Å². The molecule has 0 aromatic carbocycles. The largest absolute Gasteiger partial charge is 0.346 e. The van der Waals surface area contributed by atoms with Crippen molar-refractivity contribution in [2.24, 2.45) is 0 Å². The van der Waals surface area contributed by atoms with Gasteiger partial charge in [0.15, 0.2) is 0 Å². The van der Waals surface area contributed by atoms with E-state index < -0.39 is 0 Å². The number of aryl methyl sites for hydroxylation is 2. The van der Waals surface area contributed by atoms with E-state index in [4.69, 9.17) is 4.98 Å². The highest BCUT2D eigenvalue weighted by atomic mass is 15.1. The Balaban J connectivity index is 1.81. The summed E-state index contributed by atoms with van der Waals surface area (Å²) < 4.78 is 0. The fourth-order valence-corrected chi connectivity index (χ4v) is 2.78. The molecule has 2 aromatic rings. The molecule has 2 heterocycles. The zero-order valence-corrected chi connectivity index (χ0v) is 12.9. The average Bonchev–Trinajstić information content (AvgIpc) is 2.36. The Morgan fingerprint density at radius 1 is 1.24 bits per heavy atom. The minimum atomic E-state index is 0.0993. The minimum Gasteiger partial charge on any atom is -0.346 e. The van der Waals surface area contributed by atoms with Crippen molar-refractivity contribution >= 4 is 5.95 Å². The summed E-state index contributed by atoms with van der Waals surface area (Å²) in [5.74, 6) is 1.34. The number of anilines is 1. The fraction of sp³-hybridized carbons (Fsp3) is 0.471. The Hall–Kier alpha value is -1.97. The van der Waals surface area contributed by atoms with Crippen molar-refractivity contribution in [2.45, 2.75) is 52.0 Å². The van der Waals surface area contributed by atoms with Gasteiger partial charge in [-0.1, -0.05) is 12.5 Å². The molecule has 1 N–H and O–H groups in total. The maximum atomic E-state index is 4.70. The van der Waals surface area contributed by atoms with Gasteiger partial charge in [0, 0.05) is 23.5 Å². The van der Waals surface area contributed by atoms with Gasteiger partial charge in [-0.2, -0.15) is 0 Å². The summed E-state index contributed by atoms with van der Waals surface area (Å²) in [7, 11) is 0. The third-order valence-corrected chi connectivity index (χ3v) is 4.20. The molecule has 2 aromatic heterocycles. The van der Waals surface area contributed by atoms with Crippen LogP contribution in [0.5, 0.6) is 0 Å². The number of hydrogen-bond acceptors (Lipinski definition) is 4. The van der Waals surface area contributed by atoms with Crippen molar-refractivity contribution in [1.82, 2.24) is 15.0 Å². The van der Waals surface area contributed by atoms with E-state index in [1.54, 1.807) is 0 Å². The Morgan fingerprint density at radius 3 is 2.71 bits per heavy atom. The van der Waals surface area contributed by atoms with Crippen molar-refractivity contribution in [3.63, 3.8) is 0 Å². The summed E-state index contributed by atoms with van der Waals surface area (Å²) in [4.78, 5) is 13.7. The Morgan fingerprint density at radius 2 is 2.05 bits per heavy atom. The third kappa shape index (κ3) is 3.04. The zero-order chi connectivity index (χ0) is 14.8. The van der Waals surface area contributed by atoms with Crippen molar-refractivity contribution in [1.29, 1.82) is 0 Å². The summed E-state index contributed by atoms with van der Waals surface area (Å²) in [5, 5.41) is 3.40. The van der Waals surface area contributed by atoms with Crippen LogP contribution in [0.2, 0.25) is 0 Å². The molecule has 1 aliphatic carbocycles. The van der Waals surface area contributed by atoms with Crippen LogP contribution in [0.3, 0.4) is 0 Å². The van der Waals surface area contributed by atoms with Crippen molar-refractivity contribution in [3.8, 4) is 0 Å². The van der Waals surface area contributed by atoms with Gasteiger partial charge in [-0.05, 0) is 51.3 Å². The van der Waals surface area contributed by atoms with E-state index in [1.165, 1.54) is 30.5 Å². The van der Waals surface area contributed by atoms with E-state index >= 15 is 0 Å². The second kappa shape index (κ2) is 5.80. The van der Waals surface area contributed by atoms with Crippen LogP contribution in [-0.2, 0) is 0 Å². The predicted molar refractivity (Wildman–Crippen MR) is 84.4 cm³/mol. The summed E-state index contributed by atoms with van der Waals surface area (Å²) in [5.41, 5.74) is 4.44. The molecule has 0 saturated heterocycles. The van der Waals surface area contributed by atoms with Gasteiger partial charge in [-0.3, -0.25) is 4.98 Å². The minimum absolute atomic E-state index is 0.0993. The van der Waals surface area contributed by atoms with Crippen LogP contribution in [0.25, 0.3) is 0 Å². The maximum absolute atomic E-state index is 4.70. The highest BCUT2D eigenvalue weighted by Gasteiger charge is 2.22. The first-order valence-electron chi connectivity index (χ1n) is 7.67. The first-order valence-corrected chi connectivity index (χ1v) is 7.67. The van der Waals surface area contributed by atoms with E-state index in [-0.39, 0.29) is 6.04 Å². The van der Waals surface area contributed by atoms with Crippen molar-refractivity contribution < 1.29 is 0 Å². The first-order chi connectivity index (χ1) is 10.1. The lowest BCUT2D eigenvalue weighted by Crippen LogP contribution is -2.16. The van der Waals surface area contributed by atoms with Gasteiger partial charge in [-0.15, -0.1) is 0 Å². The van der Waals surface area contributed by atoms with Crippen LogP contribution >= 0.6 is 0 Å².